The van der Waals surface area contributed by atoms with Gasteiger partial charge in [-0.1, -0.05) is 13.0 Å². The van der Waals surface area contributed by atoms with E-state index in [-0.39, 0.29) is 18.1 Å². The molecule has 2 aliphatic heterocycles. The summed E-state index contributed by atoms with van der Waals surface area (Å²) in [6, 6.07) is 8.06. The molecule has 0 aliphatic carbocycles. The number of aryl methyl sites for hydroxylation is 2. The van der Waals surface area contributed by atoms with Gasteiger partial charge in [0.15, 0.2) is 11.5 Å². The standard InChI is InChI=1S/C21H25N3O3/c1-14-8-15(2)23-19(22-14)11-24-12-21(3,7-6-20(24)25)10-16-4-5-17-18(9-16)27-13-26-17/h4-5,8-9H,6-7,10-13H2,1-3H3. The first-order chi connectivity index (χ1) is 12.9. The van der Waals surface area contributed by atoms with Crippen molar-refractivity contribution in [3.05, 3.63) is 47.0 Å². The molecule has 2 aliphatic rings. The molecule has 1 saturated heterocycles. The van der Waals surface area contributed by atoms with Crippen LogP contribution in [-0.4, -0.2) is 34.1 Å². The van der Waals surface area contributed by atoms with Crippen LogP contribution in [0.5, 0.6) is 11.5 Å². The maximum absolute atomic E-state index is 12.5. The first-order valence-electron chi connectivity index (χ1n) is 9.38. The number of hydrogen-bond donors (Lipinski definition) is 0. The molecule has 0 N–H and O–H groups in total. The molecule has 27 heavy (non-hydrogen) atoms. The van der Waals surface area contributed by atoms with Gasteiger partial charge in [0.1, 0.15) is 5.82 Å². The predicted octanol–water partition coefficient (Wildman–Crippen LogP) is 3.19. The normalized spacial score (nSPS) is 21.6. The Bertz CT molecular complexity index is 863. The van der Waals surface area contributed by atoms with Gasteiger partial charge in [0, 0.05) is 24.4 Å². The number of nitrogens with zero attached hydrogens (tertiary/aromatic N) is 3. The second-order valence-electron chi connectivity index (χ2n) is 7.99. The molecular formula is C21H25N3O3. The van der Waals surface area contributed by atoms with Gasteiger partial charge in [-0.05, 0) is 55.9 Å². The lowest BCUT2D eigenvalue weighted by molar-refractivity contribution is -0.138. The summed E-state index contributed by atoms with van der Waals surface area (Å²) in [4.78, 5) is 23.4. The van der Waals surface area contributed by atoms with E-state index in [2.05, 4.69) is 29.0 Å². The zero-order valence-corrected chi connectivity index (χ0v) is 16.1. The summed E-state index contributed by atoms with van der Waals surface area (Å²) < 4.78 is 10.9. The van der Waals surface area contributed by atoms with E-state index in [1.807, 2.05) is 30.9 Å². The molecule has 1 fully saturated rings. The van der Waals surface area contributed by atoms with Crippen LogP contribution < -0.4 is 9.47 Å². The molecule has 3 heterocycles. The summed E-state index contributed by atoms with van der Waals surface area (Å²) >= 11 is 0. The second kappa shape index (κ2) is 6.83. The van der Waals surface area contributed by atoms with Crippen LogP contribution in [0.4, 0.5) is 0 Å². The number of rotatable bonds is 4. The van der Waals surface area contributed by atoms with Crippen LogP contribution in [-0.2, 0) is 17.8 Å². The Hall–Kier alpha value is -2.63. The molecule has 142 valence electrons. The summed E-state index contributed by atoms with van der Waals surface area (Å²) in [5.74, 6) is 2.51. The number of aromatic nitrogens is 2. The molecule has 1 unspecified atom stereocenters. The quantitative estimate of drug-likeness (QED) is 0.830. The Kier molecular flexibility index (Phi) is 4.50. The van der Waals surface area contributed by atoms with Gasteiger partial charge in [-0.2, -0.15) is 0 Å². The number of ether oxygens (including phenoxy) is 2. The average Bonchev–Trinajstić information content (AvgIpc) is 3.05. The number of amides is 1. The first kappa shape index (κ1) is 17.8. The maximum Gasteiger partial charge on any atom is 0.231 e. The van der Waals surface area contributed by atoms with Crippen LogP contribution in [0.15, 0.2) is 24.3 Å². The van der Waals surface area contributed by atoms with Crippen molar-refractivity contribution < 1.29 is 14.3 Å². The topological polar surface area (TPSA) is 64.6 Å². The maximum atomic E-state index is 12.5. The minimum atomic E-state index is 0.0144. The molecular weight excluding hydrogens is 342 g/mol. The molecule has 1 aromatic heterocycles. The molecule has 6 heteroatoms. The number of carbonyl (C=O) groups excluding carboxylic acids is 1. The van der Waals surface area contributed by atoms with E-state index in [0.717, 1.165) is 35.7 Å². The van der Waals surface area contributed by atoms with Crippen LogP contribution in [0.1, 0.15) is 42.5 Å². The van der Waals surface area contributed by atoms with Gasteiger partial charge in [-0.3, -0.25) is 4.79 Å². The molecule has 2 aromatic rings. The van der Waals surface area contributed by atoms with Crippen LogP contribution in [0.3, 0.4) is 0 Å². The minimum Gasteiger partial charge on any atom is -0.454 e. The van der Waals surface area contributed by atoms with Gasteiger partial charge in [0.2, 0.25) is 12.7 Å². The molecule has 6 nitrogen and oxygen atoms in total. The lowest BCUT2D eigenvalue weighted by atomic mass is 9.76. The minimum absolute atomic E-state index is 0.0144. The van der Waals surface area contributed by atoms with Crippen LogP contribution in [0.2, 0.25) is 0 Å². The van der Waals surface area contributed by atoms with Crippen molar-refractivity contribution in [3.63, 3.8) is 0 Å². The SMILES string of the molecule is Cc1cc(C)nc(CN2CC(C)(Cc3ccc4c(c3)OCO4)CCC2=O)n1. The number of fused-ring (bicyclic) bond motifs is 1. The van der Waals surface area contributed by atoms with E-state index < -0.39 is 0 Å². The molecule has 0 bridgehead atoms. The highest BCUT2D eigenvalue weighted by atomic mass is 16.7. The number of piperidine rings is 1. The monoisotopic (exact) mass is 367 g/mol. The fourth-order valence-electron chi connectivity index (χ4n) is 4.07. The van der Waals surface area contributed by atoms with Crippen molar-refractivity contribution in [3.8, 4) is 11.5 Å². The summed E-state index contributed by atoms with van der Waals surface area (Å²) in [5.41, 5.74) is 3.09. The Labute approximate surface area is 159 Å². The molecule has 0 spiro atoms. The molecule has 1 aromatic carbocycles. The highest BCUT2D eigenvalue weighted by molar-refractivity contribution is 5.77. The van der Waals surface area contributed by atoms with Gasteiger partial charge < -0.3 is 14.4 Å². The zero-order valence-electron chi connectivity index (χ0n) is 16.1. The lowest BCUT2D eigenvalue weighted by Gasteiger charge is -2.40. The van der Waals surface area contributed by atoms with Crippen LogP contribution in [0, 0.1) is 19.3 Å². The van der Waals surface area contributed by atoms with Crippen molar-refractivity contribution >= 4 is 5.91 Å². The summed E-state index contributed by atoms with van der Waals surface area (Å²) in [5, 5.41) is 0. The van der Waals surface area contributed by atoms with E-state index in [1.165, 1.54) is 5.56 Å². The third-order valence-corrected chi connectivity index (χ3v) is 5.30. The van der Waals surface area contributed by atoms with Crippen molar-refractivity contribution in [1.82, 2.24) is 14.9 Å². The Balaban J connectivity index is 1.49. The van der Waals surface area contributed by atoms with Crippen molar-refractivity contribution in [1.29, 1.82) is 0 Å². The number of hydrogen-bond acceptors (Lipinski definition) is 5. The second-order valence-corrected chi connectivity index (χ2v) is 7.99. The summed E-state index contributed by atoms with van der Waals surface area (Å²) in [6.45, 7) is 7.63. The van der Waals surface area contributed by atoms with Crippen LogP contribution in [0.25, 0.3) is 0 Å². The molecule has 1 atom stereocenters. The number of benzene rings is 1. The van der Waals surface area contributed by atoms with Crippen molar-refractivity contribution in [2.24, 2.45) is 5.41 Å². The molecule has 0 saturated carbocycles. The van der Waals surface area contributed by atoms with E-state index >= 15 is 0 Å². The van der Waals surface area contributed by atoms with Gasteiger partial charge >= 0.3 is 0 Å². The summed E-state index contributed by atoms with van der Waals surface area (Å²) in [7, 11) is 0. The Morgan fingerprint density at radius 2 is 1.85 bits per heavy atom. The third kappa shape index (κ3) is 3.89. The van der Waals surface area contributed by atoms with Gasteiger partial charge in [0.25, 0.3) is 0 Å². The van der Waals surface area contributed by atoms with Gasteiger partial charge in [-0.15, -0.1) is 0 Å². The zero-order chi connectivity index (χ0) is 19.0. The Morgan fingerprint density at radius 1 is 1.11 bits per heavy atom. The van der Waals surface area contributed by atoms with Crippen molar-refractivity contribution in [2.45, 2.75) is 46.6 Å². The molecule has 1 amide bonds. The van der Waals surface area contributed by atoms with Crippen LogP contribution >= 0.6 is 0 Å². The molecule has 4 rings (SSSR count). The highest BCUT2D eigenvalue weighted by Gasteiger charge is 2.35. The lowest BCUT2D eigenvalue weighted by Crippen LogP contribution is -2.46. The largest absolute Gasteiger partial charge is 0.454 e. The smallest absolute Gasteiger partial charge is 0.231 e. The van der Waals surface area contributed by atoms with Crippen molar-refractivity contribution in [2.75, 3.05) is 13.3 Å². The fraction of sp³-hybridized carbons (Fsp3) is 0.476. The van der Waals surface area contributed by atoms with Gasteiger partial charge in [-0.25, -0.2) is 9.97 Å². The summed E-state index contributed by atoms with van der Waals surface area (Å²) in [6.07, 6.45) is 2.33. The van der Waals surface area contributed by atoms with E-state index in [0.29, 0.717) is 25.3 Å². The highest BCUT2D eigenvalue weighted by Crippen LogP contribution is 2.38. The van der Waals surface area contributed by atoms with E-state index in [4.69, 9.17) is 9.47 Å². The van der Waals surface area contributed by atoms with E-state index in [9.17, 15) is 4.79 Å². The third-order valence-electron chi connectivity index (χ3n) is 5.30. The van der Waals surface area contributed by atoms with Gasteiger partial charge in [0.05, 0.1) is 6.54 Å². The fourth-order valence-corrected chi connectivity index (χ4v) is 4.07. The predicted molar refractivity (Wildman–Crippen MR) is 101 cm³/mol. The first-order valence-corrected chi connectivity index (χ1v) is 9.38. The number of carbonyl (C=O) groups is 1. The molecule has 0 radical (unpaired) electrons. The van der Waals surface area contributed by atoms with E-state index in [1.54, 1.807) is 0 Å². The Morgan fingerprint density at radius 3 is 2.63 bits per heavy atom. The average molecular weight is 367 g/mol. The number of likely N-dealkylation sites (tertiary alicyclic amines) is 1.